The van der Waals surface area contributed by atoms with Crippen molar-refractivity contribution in [2.45, 2.75) is 4.90 Å². The van der Waals surface area contributed by atoms with Gasteiger partial charge in [-0.1, -0.05) is 0 Å². The van der Waals surface area contributed by atoms with Gasteiger partial charge in [-0.25, -0.2) is 18.4 Å². The van der Waals surface area contributed by atoms with Crippen molar-refractivity contribution in [3.05, 3.63) is 58.1 Å². The molecule has 0 spiro atoms. The first kappa shape index (κ1) is 22.7. The summed E-state index contributed by atoms with van der Waals surface area (Å²) in [6.07, 6.45) is 0. The number of carbonyl (C=O) groups excluding carboxylic acids is 2. The van der Waals surface area contributed by atoms with E-state index in [1.54, 1.807) is 0 Å². The van der Waals surface area contributed by atoms with Crippen molar-refractivity contribution in [3.63, 3.8) is 0 Å². The molecule has 0 saturated carbocycles. The molecule has 160 valence electrons. The number of rotatable bonds is 9. The molecule has 0 bridgehead atoms. The number of non-ortho nitro benzene ring substituents is 1. The van der Waals surface area contributed by atoms with Crippen LogP contribution in [0.25, 0.3) is 0 Å². The minimum atomic E-state index is -3.87. The molecule has 2 rings (SSSR count). The fraction of sp³-hybridized carbons (Fsp3) is 0.176. The van der Waals surface area contributed by atoms with Crippen LogP contribution in [-0.2, 0) is 19.6 Å². The van der Waals surface area contributed by atoms with Gasteiger partial charge in [-0.2, -0.15) is 0 Å². The number of aliphatic hydroxyl groups excluding tert-OH is 1. The van der Waals surface area contributed by atoms with Gasteiger partial charge in [0.2, 0.25) is 10.0 Å². The molecule has 0 aliphatic carbocycles. The number of nitrogens with two attached hydrogens (primary N) is 1. The number of aliphatic hydroxyl groups is 1. The van der Waals surface area contributed by atoms with Gasteiger partial charge in [-0.15, -0.1) is 0 Å². The Bertz CT molecular complexity index is 1050. The van der Waals surface area contributed by atoms with Crippen molar-refractivity contribution >= 4 is 39.0 Å². The predicted octanol–water partition coefficient (Wildman–Crippen LogP) is 0.442. The van der Waals surface area contributed by atoms with Gasteiger partial charge in [0, 0.05) is 30.1 Å². The van der Waals surface area contributed by atoms with E-state index in [2.05, 4.69) is 10.6 Å². The van der Waals surface area contributed by atoms with Crippen LogP contribution < -0.4 is 15.8 Å². The fourth-order valence-electron chi connectivity index (χ4n) is 2.29. The molecular formula is C17H18N4O8S. The number of primary sulfonamides is 1. The number of sulfonamides is 1. The molecule has 0 aliphatic rings. The third-order valence-corrected chi connectivity index (χ3v) is 4.59. The van der Waals surface area contributed by atoms with Gasteiger partial charge in [-0.05, 0) is 30.3 Å². The number of esters is 1. The summed E-state index contributed by atoms with van der Waals surface area (Å²) in [7, 11) is -3.87. The second kappa shape index (κ2) is 9.78. The third-order valence-electron chi connectivity index (χ3n) is 3.66. The maximum absolute atomic E-state index is 12.3. The van der Waals surface area contributed by atoms with E-state index in [0.29, 0.717) is 0 Å². The van der Waals surface area contributed by atoms with E-state index in [1.807, 2.05) is 0 Å². The molecule has 0 fully saturated rings. The average Bonchev–Trinajstić information content (AvgIpc) is 2.70. The maximum atomic E-state index is 12.3. The first-order chi connectivity index (χ1) is 14.1. The Morgan fingerprint density at radius 2 is 1.83 bits per heavy atom. The molecule has 5 N–H and O–H groups in total. The summed E-state index contributed by atoms with van der Waals surface area (Å²) < 4.78 is 27.3. The number of nitrogens with one attached hydrogen (secondary N) is 2. The minimum absolute atomic E-state index is 0.0904. The Labute approximate surface area is 170 Å². The van der Waals surface area contributed by atoms with E-state index >= 15 is 0 Å². The van der Waals surface area contributed by atoms with Crippen LogP contribution in [0.5, 0.6) is 0 Å². The van der Waals surface area contributed by atoms with Gasteiger partial charge in [-0.3, -0.25) is 14.9 Å². The lowest BCUT2D eigenvalue weighted by Crippen LogP contribution is -2.22. The summed E-state index contributed by atoms with van der Waals surface area (Å²) in [6.45, 7) is -0.844. The predicted molar refractivity (Wildman–Crippen MR) is 105 cm³/mol. The molecule has 0 radical (unpaired) electrons. The quantitative estimate of drug-likeness (QED) is 0.244. The third kappa shape index (κ3) is 6.23. The lowest BCUT2D eigenvalue weighted by atomic mass is 10.1. The number of amides is 1. The second-order valence-corrected chi connectivity index (χ2v) is 7.39. The molecule has 0 unspecified atom stereocenters. The zero-order chi connectivity index (χ0) is 22.3. The number of ether oxygens (including phenoxy) is 1. The van der Waals surface area contributed by atoms with Gasteiger partial charge in [0.1, 0.15) is 0 Å². The number of nitro benzene ring substituents is 1. The summed E-state index contributed by atoms with van der Waals surface area (Å²) in [5, 5.41) is 29.9. The summed E-state index contributed by atoms with van der Waals surface area (Å²) >= 11 is 0. The Hall–Kier alpha value is -3.55. The molecule has 0 heterocycles. The first-order valence-corrected chi connectivity index (χ1v) is 9.89. The molecule has 2 aromatic rings. The minimum Gasteiger partial charge on any atom is -0.452 e. The topological polar surface area (TPSA) is 191 Å². The SMILES string of the molecule is NS(=O)(=O)c1ccc(NC(=O)COC(=O)c2cc([N+](=O)[O-])ccc2NCCO)cc1. The van der Waals surface area contributed by atoms with Crippen molar-refractivity contribution in [3.8, 4) is 0 Å². The van der Waals surface area contributed by atoms with Crippen molar-refractivity contribution in [1.82, 2.24) is 0 Å². The molecule has 1 amide bonds. The van der Waals surface area contributed by atoms with Crippen molar-refractivity contribution in [2.75, 3.05) is 30.4 Å². The Kier molecular flexibility index (Phi) is 7.41. The molecular weight excluding hydrogens is 420 g/mol. The molecule has 12 nitrogen and oxygen atoms in total. The van der Waals surface area contributed by atoms with E-state index in [1.165, 1.54) is 36.4 Å². The lowest BCUT2D eigenvalue weighted by molar-refractivity contribution is -0.384. The molecule has 0 aromatic heterocycles. The Morgan fingerprint density at radius 3 is 2.40 bits per heavy atom. The Balaban J connectivity index is 2.04. The van der Waals surface area contributed by atoms with Crippen molar-refractivity contribution in [1.29, 1.82) is 0 Å². The van der Waals surface area contributed by atoms with E-state index in [9.17, 15) is 28.1 Å². The zero-order valence-corrected chi connectivity index (χ0v) is 16.2. The van der Waals surface area contributed by atoms with Crippen molar-refractivity contribution < 1.29 is 32.8 Å². The highest BCUT2D eigenvalue weighted by Crippen LogP contribution is 2.23. The molecule has 13 heteroatoms. The molecule has 30 heavy (non-hydrogen) atoms. The van der Waals surface area contributed by atoms with Crippen LogP contribution >= 0.6 is 0 Å². The van der Waals surface area contributed by atoms with Gasteiger partial charge < -0.3 is 20.5 Å². The van der Waals surface area contributed by atoms with Crippen LogP contribution in [0.1, 0.15) is 10.4 Å². The van der Waals surface area contributed by atoms with E-state index in [-0.39, 0.29) is 40.7 Å². The summed E-state index contributed by atoms with van der Waals surface area (Å²) in [5.74, 6) is -1.71. The summed E-state index contributed by atoms with van der Waals surface area (Å²) in [4.78, 5) is 34.4. The zero-order valence-electron chi connectivity index (χ0n) is 15.4. The van der Waals surface area contributed by atoms with Crippen LogP contribution in [0.3, 0.4) is 0 Å². The largest absolute Gasteiger partial charge is 0.452 e. The second-order valence-electron chi connectivity index (χ2n) is 5.83. The van der Waals surface area contributed by atoms with E-state index in [0.717, 1.165) is 6.07 Å². The number of hydrogen-bond donors (Lipinski definition) is 4. The highest BCUT2D eigenvalue weighted by Gasteiger charge is 2.19. The number of nitro groups is 1. The van der Waals surface area contributed by atoms with Crippen LogP contribution in [0.15, 0.2) is 47.4 Å². The van der Waals surface area contributed by atoms with Crippen LogP contribution in [-0.4, -0.2) is 50.1 Å². The molecule has 0 atom stereocenters. The van der Waals surface area contributed by atoms with Gasteiger partial charge >= 0.3 is 5.97 Å². The normalized spacial score (nSPS) is 10.9. The highest BCUT2D eigenvalue weighted by molar-refractivity contribution is 7.89. The molecule has 0 saturated heterocycles. The fourth-order valence-corrected chi connectivity index (χ4v) is 2.81. The first-order valence-electron chi connectivity index (χ1n) is 8.35. The van der Waals surface area contributed by atoms with Crippen LogP contribution in [0.2, 0.25) is 0 Å². The van der Waals surface area contributed by atoms with Gasteiger partial charge in [0.25, 0.3) is 11.6 Å². The van der Waals surface area contributed by atoms with Crippen LogP contribution in [0.4, 0.5) is 17.1 Å². The van der Waals surface area contributed by atoms with Crippen LogP contribution in [0, 0.1) is 10.1 Å². The summed E-state index contributed by atoms with van der Waals surface area (Å²) in [6, 6.07) is 8.45. The standard InChI is InChI=1S/C17H18N4O8S/c18-30(27,28)13-4-1-11(2-5-13)20-16(23)10-29-17(24)14-9-12(21(25)26)3-6-15(14)19-7-8-22/h1-6,9,19,22H,7-8,10H2,(H,20,23)(H2,18,27,28). The molecule has 0 aliphatic heterocycles. The summed E-state index contributed by atoms with van der Waals surface area (Å²) in [5.41, 5.74) is -0.0957. The highest BCUT2D eigenvalue weighted by atomic mass is 32.2. The number of anilines is 2. The van der Waals surface area contributed by atoms with Gasteiger partial charge in [0.15, 0.2) is 6.61 Å². The average molecular weight is 438 g/mol. The van der Waals surface area contributed by atoms with E-state index < -0.39 is 33.4 Å². The number of benzene rings is 2. The van der Waals surface area contributed by atoms with E-state index in [4.69, 9.17) is 15.0 Å². The Morgan fingerprint density at radius 1 is 1.17 bits per heavy atom. The number of nitrogens with zero attached hydrogens (tertiary/aromatic N) is 1. The monoisotopic (exact) mass is 438 g/mol. The number of carbonyl (C=O) groups is 2. The molecule has 2 aromatic carbocycles. The smallest absolute Gasteiger partial charge is 0.341 e. The maximum Gasteiger partial charge on any atom is 0.341 e. The van der Waals surface area contributed by atoms with Crippen molar-refractivity contribution in [2.24, 2.45) is 5.14 Å². The number of hydrogen-bond acceptors (Lipinski definition) is 9. The lowest BCUT2D eigenvalue weighted by Gasteiger charge is -2.11. The van der Waals surface area contributed by atoms with Gasteiger partial charge in [0.05, 0.1) is 22.0 Å².